The van der Waals surface area contributed by atoms with Gasteiger partial charge < -0.3 is 20.7 Å². The summed E-state index contributed by atoms with van der Waals surface area (Å²) in [6.45, 7) is 3.31. The molecule has 7 heteroatoms. The summed E-state index contributed by atoms with van der Waals surface area (Å²) >= 11 is 0. The van der Waals surface area contributed by atoms with E-state index in [2.05, 4.69) is 10.2 Å². The lowest BCUT2D eigenvalue weighted by Crippen LogP contribution is -2.45. The number of nitrogens with one attached hydrogen (secondary N) is 1. The molecule has 1 unspecified atom stereocenters. The average Bonchev–Trinajstić information content (AvgIpc) is 2.59. The van der Waals surface area contributed by atoms with Gasteiger partial charge in [-0.15, -0.1) is 24.8 Å². The van der Waals surface area contributed by atoms with Crippen LogP contribution in [0.5, 0.6) is 5.75 Å². The van der Waals surface area contributed by atoms with Gasteiger partial charge in [-0.2, -0.15) is 0 Å². The number of carbonyl (C=O) groups excluding carboxylic acids is 1. The maximum atomic E-state index is 12.6. The van der Waals surface area contributed by atoms with Crippen LogP contribution in [-0.2, 0) is 10.3 Å². The number of nitrogens with zero attached hydrogens (tertiary/aromatic N) is 1. The molecular formula is C20H29Cl2N3O2. The lowest BCUT2D eigenvalue weighted by atomic mass is 9.92. The van der Waals surface area contributed by atoms with E-state index in [1.807, 2.05) is 68.7 Å². The number of halogens is 2. The summed E-state index contributed by atoms with van der Waals surface area (Å²) in [7, 11) is 4.07. The average molecular weight is 414 g/mol. The summed E-state index contributed by atoms with van der Waals surface area (Å²) in [4.78, 5) is 14.7. The van der Waals surface area contributed by atoms with Crippen molar-refractivity contribution in [2.45, 2.75) is 18.9 Å². The van der Waals surface area contributed by atoms with Crippen LogP contribution in [0.25, 0.3) is 0 Å². The summed E-state index contributed by atoms with van der Waals surface area (Å²) in [5.41, 5.74) is 6.58. The summed E-state index contributed by atoms with van der Waals surface area (Å²) in [5, 5.41) is 2.88. The van der Waals surface area contributed by atoms with E-state index in [1.54, 1.807) is 6.92 Å². The van der Waals surface area contributed by atoms with Gasteiger partial charge in [-0.3, -0.25) is 4.79 Å². The molecule has 0 saturated carbocycles. The molecule has 2 rings (SSSR count). The summed E-state index contributed by atoms with van der Waals surface area (Å²) in [6, 6.07) is 16.7. The Balaban J connectivity index is 0.00000338. The van der Waals surface area contributed by atoms with Crippen molar-refractivity contribution in [1.29, 1.82) is 0 Å². The van der Waals surface area contributed by atoms with Crippen molar-refractivity contribution >= 4 is 36.4 Å². The number of carbonyl (C=O) groups is 1. The van der Waals surface area contributed by atoms with Crippen LogP contribution in [0.15, 0.2) is 54.6 Å². The Morgan fingerprint density at radius 2 is 1.78 bits per heavy atom. The van der Waals surface area contributed by atoms with Gasteiger partial charge in [-0.25, -0.2) is 0 Å². The van der Waals surface area contributed by atoms with Gasteiger partial charge in [-0.05, 0) is 45.1 Å². The van der Waals surface area contributed by atoms with Crippen molar-refractivity contribution in [2.24, 2.45) is 5.73 Å². The Labute approximate surface area is 174 Å². The van der Waals surface area contributed by atoms with E-state index in [1.165, 1.54) is 0 Å². The first-order chi connectivity index (χ1) is 11.9. The fourth-order valence-corrected chi connectivity index (χ4v) is 2.41. The van der Waals surface area contributed by atoms with E-state index in [-0.39, 0.29) is 30.7 Å². The number of hydrogen-bond donors (Lipinski definition) is 2. The third kappa shape index (κ3) is 7.77. The number of amides is 1. The van der Waals surface area contributed by atoms with Gasteiger partial charge in [-0.1, -0.05) is 36.4 Å². The van der Waals surface area contributed by atoms with Gasteiger partial charge in [0.05, 0.1) is 6.61 Å². The highest BCUT2D eigenvalue weighted by molar-refractivity contribution is 5.98. The van der Waals surface area contributed by atoms with E-state index < -0.39 is 5.54 Å². The van der Waals surface area contributed by atoms with Crippen LogP contribution >= 0.6 is 24.8 Å². The number of nitrogens with two attached hydrogens (primary N) is 1. The van der Waals surface area contributed by atoms with Crippen molar-refractivity contribution in [1.82, 2.24) is 4.90 Å². The molecule has 0 bridgehead atoms. The minimum absolute atomic E-state index is 0. The van der Waals surface area contributed by atoms with Crippen molar-refractivity contribution in [3.8, 4) is 5.75 Å². The number of benzene rings is 2. The second kappa shape index (κ2) is 11.8. The molecule has 150 valence electrons. The lowest BCUT2D eigenvalue weighted by Gasteiger charge is -2.24. The minimum atomic E-state index is -1.11. The normalized spacial score (nSPS) is 12.3. The van der Waals surface area contributed by atoms with Crippen LogP contribution in [0.4, 0.5) is 5.69 Å². The summed E-state index contributed by atoms with van der Waals surface area (Å²) in [6.07, 6.45) is 0.943. The number of rotatable bonds is 8. The predicted octanol–water partition coefficient (Wildman–Crippen LogP) is 3.67. The molecule has 0 aliphatic rings. The van der Waals surface area contributed by atoms with Crippen LogP contribution in [-0.4, -0.2) is 38.1 Å². The summed E-state index contributed by atoms with van der Waals surface area (Å²) in [5.74, 6) is 0.471. The molecule has 0 radical (unpaired) electrons. The van der Waals surface area contributed by atoms with E-state index >= 15 is 0 Å². The van der Waals surface area contributed by atoms with E-state index in [0.29, 0.717) is 12.3 Å². The third-order valence-electron chi connectivity index (χ3n) is 3.96. The number of hydrogen-bond acceptors (Lipinski definition) is 4. The smallest absolute Gasteiger partial charge is 0.248 e. The van der Waals surface area contributed by atoms with Gasteiger partial charge in [0.1, 0.15) is 11.3 Å². The SMILES string of the molecule is CN(C)CCCOc1cccc(NC(=O)C(C)(N)c2ccccc2)c1.Cl.Cl. The van der Waals surface area contributed by atoms with Gasteiger partial charge in [0, 0.05) is 18.3 Å². The van der Waals surface area contributed by atoms with E-state index in [9.17, 15) is 4.79 Å². The molecule has 1 atom stereocenters. The van der Waals surface area contributed by atoms with Crippen LogP contribution in [0.1, 0.15) is 18.9 Å². The van der Waals surface area contributed by atoms with Crippen molar-refractivity contribution in [2.75, 3.05) is 32.6 Å². The summed E-state index contributed by atoms with van der Waals surface area (Å²) < 4.78 is 5.74. The molecule has 0 spiro atoms. The monoisotopic (exact) mass is 413 g/mol. The fourth-order valence-electron chi connectivity index (χ4n) is 2.41. The zero-order valence-electron chi connectivity index (χ0n) is 16.0. The van der Waals surface area contributed by atoms with Gasteiger partial charge in [0.15, 0.2) is 0 Å². The molecular weight excluding hydrogens is 385 g/mol. The van der Waals surface area contributed by atoms with Crippen molar-refractivity contribution in [3.63, 3.8) is 0 Å². The molecule has 0 fully saturated rings. The number of ether oxygens (including phenoxy) is 1. The van der Waals surface area contributed by atoms with Gasteiger partial charge in [0.25, 0.3) is 0 Å². The standard InChI is InChI=1S/C20H27N3O2.2ClH/c1-20(21,16-9-5-4-6-10-16)19(24)22-17-11-7-12-18(15-17)25-14-8-13-23(2)3;;/h4-7,9-12,15H,8,13-14,21H2,1-3H3,(H,22,24);2*1H. The predicted molar refractivity (Wildman–Crippen MR) is 116 cm³/mol. The largest absolute Gasteiger partial charge is 0.493 e. The van der Waals surface area contributed by atoms with Gasteiger partial charge in [0.2, 0.25) is 5.91 Å². The number of anilines is 1. The molecule has 1 amide bonds. The quantitative estimate of drug-likeness (QED) is 0.647. The van der Waals surface area contributed by atoms with E-state index in [0.717, 1.165) is 24.3 Å². The molecule has 3 N–H and O–H groups in total. The Morgan fingerprint density at radius 1 is 1.11 bits per heavy atom. The molecule has 0 aliphatic heterocycles. The molecule has 2 aromatic carbocycles. The molecule has 5 nitrogen and oxygen atoms in total. The first kappa shape index (κ1) is 25.2. The maximum Gasteiger partial charge on any atom is 0.248 e. The van der Waals surface area contributed by atoms with Crippen LogP contribution in [0.3, 0.4) is 0 Å². The second-order valence-electron chi connectivity index (χ2n) is 6.56. The van der Waals surface area contributed by atoms with Gasteiger partial charge >= 0.3 is 0 Å². The topological polar surface area (TPSA) is 67.6 Å². The Kier molecular flexibility index (Phi) is 11.0. The zero-order chi connectivity index (χ0) is 18.3. The Morgan fingerprint density at radius 3 is 2.41 bits per heavy atom. The molecule has 0 aromatic heterocycles. The fraction of sp³-hybridized carbons (Fsp3) is 0.350. The van der Waals surface area contributed by atoms with Crippen LogP contribution in [0, 0.1) is 0 Å². The van der Waals surface area contributed by atoms with Crippen LogP contribution < -0.4 is 15.8 Å². The Bertz CT molecular complexity index is 695. The highest BCUT2D eigenvalue weighted by Crippen LogP contribution is 2.22. The maximum absolute atomic E-state index is 12.6. The molecule has 0 saturated heterocycles. The minimum Gasteiger partial charge on any atom is -0.493 e. The van der Waals surface area contributed by atoms with Crippen LogP contribution in [0.2, 0.25) is 0 Å². The first-order valence-electron chi connectivity index (χ1n) is 8.43. The second-order valence-corrected chi connectivity index (χ2v) is 6.56. The van der Waals surface area contributed by atoms with Crippen molar-refractivity contribution in [3.05, 3.63) is 60.2 Å². The van der Waals surface area contributed by atoms with E-state index in [4.69, 9.17) is 10.5 Å². The highest BCUT2D eigenvalue weighted by atomic mass is 35.5. The zero-order valence-corrected chi connectivity index (χ0v) is 17.6. The first-order valence-corrected chi connectivity index (χ1v) is 8.43. The lowest BCUT2D eigenvalue weighted by molar-refractivity contribution is -0.120. The molecule has 27 heavy (non-hydrogen) atoms. The Hall–Kier alpha value is -1.79. The van der Waals surface area contributed by atoms with Crippen molar-refractivity contribution < 1.29 is 9.53 Å². The molecule has 0 heterocycles. The highest BCUT2D eigenvalue weighted by Gasteiger charge is 2.30. The molecule has 2 aromatic rings. The third-order valence-corrected chi connectivity index (χ3v) is 3.96. The molecule has 0 aliphatic carbocycles.